The van der Waals surface area contributed by atoms with Crippen molar-refractivity contribution >= 4 is 17.8 Å². The fourth-order valence-electron chi connectivity index (χ4n) is 3.94. The molecular formula is C23H26FN7O. The number of hydrazone groups is 1. The summed E-state index contributed by atoms with van der Waals surface area (Å²) in [5.74, 6) is 0.667. The fourth-order valence-corrected chi connectivity index (χ4v) is 3.94. The average Bonchev–Trinajstić information content (AvgIpc) is 3.36. The molecule has 1 aliphatic heterocycles. The van der Waals surface area contributed by atoms with Gasteiger partial charge in [-0.1, -0.05) is 6.07 Å². The van der Waals surface area contributed by atoms with Crippen LogP contribution in [0.3, 0.4) is 0 Å². The fraction of sp³-hybridized carbons (Fsp3) is 0.348. The Balaban J connectivity index is 1.43. The van der Waals surface area contributed by atoms with Crippen LogP contribution in [0, 0.1) is 12.7 Å². The van der Waals surface area contributed by atoms with Crippen LogP contribution in [-0.4, -0.2) is 42.2 Å². The summed E-state index contributed by atoms with van der Waals surface area (Å²) in [6.07, 6.45) is 7.22. The molecule has 9 heteroatoms. The van der Waals surface area contributed by atoms with E-state index in [0.29, 0.717) is 23.1 Å². The lowest BCUT2D eigenvalue weighted by atomic mass is 10.1. The van der Waals surface area contributed by atoms with Gasteiger partial charge in [0, 0.05) is 18.2 Å². The lowest BCUT2D eigenvalue weighted by Crippen LogP contribution is -2.35. The summed E-state index contributed by atoms with van der Waals surface area (Å²) < 4.78 is 16.8. The number of nitrogens with one attached hydrogen (secondary N) is 1. The highest BCUT2D eigenvalue weighted by atomic mass is 19.1. The van der Waals surface area contributed by atoms with Crippen LogP contribution in [0.1, 0.15) is 55.7 Å². The predicted octanol–water partition coefficient (Wildman–Crippen LogP) is 4.69. The van der Waals surface area contributed by atoms with Crippen molar-refractivity contribution in [1.82, 2.24) is 24.6 Å². The van der Waals surface area contributed by atoms with Crippen molar-refractivity contribution in [2.75, 3.05) is 5.32 Å². The molecule has 1 aromatic carbocycles. The van der Waals surface area contributed by atoms with Crippen molar-refractivity contribution in [3.8, 4) is 5.69 Å². The first-order valence-electron chi connectivity index (χ1n) is 10.8. The normalized spacial score (nSPS) is 18.1. The lowest BCUT2D eigenvalue weighted by Gasteiger charge is -2.29. The zero-order chi connectivity index (χ0) is 22.4. The first kappa shape index (κ1) is 20.4. The number of benzene rings is 1. The van der Waals surface area contributed by atoms with Gasteiger partial charge in [0.1, 0.15) is 18.0 Å². The van der Waals surface area contributed by atoms with Crippen LogP contribution < -0.4 is 5.32 Å². The molecule has 166 valence electrons. The van der Waals surface area contributed by atoms with Crippen molar-refractivity contribution in [2.45, 2.75) is 51.7 Å². The molecule has 2 N–H and O–H groups in total. The first-order chi connectivity index (χ1) is 15.4. The van der Waals surface area contributed by atoms with Gasteiger partial charge in [0.05, 0.1) is 29.1 Å². The molecule has 32 heavy (non-hydrogen) atoms. The Morgan fingerprint density at radius 1 is 1.19 bits per heavy atom. The number of hydrogen-bond acceptors (Lipinski definition) is 7. The quantitative estimate of drug-likeness (QED) is 0.584. The highest BCUT2D eigenvalue weighted by Gasteiger charge is 2.32. The van der Waals surface area contributed by atoms with Crippen LogP contribution in [0.15, 0.2) is 48.0 Å². The summed E-state index contributed by atoms with van der Waals surface area (Å²) in [5, 5.41) is 18.1. The van der Waals surface area contributed by atoms with Crippen molar-refractivity contribution < 1.29 is 9.60 Å². The Morgan fingerprint density at radius 2 is 2.00 bits per heavy atom. The van der Waals surface area contributed by atoms with Crippen molar-refractivity contribution in [1.29, 1.82) is 0 Å². The molecular weight excluding hydrogens is 409 g/mol. The third-order valence-electron chi connectivity index (χ3n) is 5.86. The van der Waals surface area contributed by atoms with Crippen LogP contribution in [-0.2, 0) is 0 Å². The minimum Gasteiger partial charge on any atom is -0.338 e. The van der Waals surface area contributed by atoms with Gasteiger partial charge in [-0.25, -0.2) is 14.4 Å². The second-order valence-electron chi connectivity index (χ2n) is 8.64. The van der Waals surface area contributed by atoms with Gasteiger partial charge in [0.15, 0.2) is 6.17 Å². The summed E-state index contributed by atoms with van der Waals surface area (Å²) in [6, 6.07) is 8.80. The molecule has 3 aromatic rings. The number of aromatic nitrogens is 3. The van der Waals surface area contributed by atoms with Gasteiger partial charge in [-0.05, 0) is 63.4 Å². The Kier molecular flexibility index (Phi) is 5.05. The molecule has 0 bridgehead atoms. The molecule has 0 amide bonds. The maximum Gasteiger partial charge on any atom is 0.190 e. The number of nitrogens with zero attached hydrogens (tertiary/aromatic N) is 6. The molecule has 8 nitrogen and oxygen atoms in total. The first-order valence-corrected chi connectivity index (χ1v) is 10.8. The van der Waals surface area contributed by atoms with Gasteiger partial charge in [-0.15, -0.1) is 10.3 Å². The number of hydroxylamine groups is 1. The van der Waals surface area contributed by atoms with E-state index in [0.717, 1.165) is 22.1 Å². The lowest BCUT2D eigenvalue weighted by molar-refractivity contribution is -0.148. The molecule has 0 radical (unpaired) electrons. The maximum absolute atomic E-state index is 14.8. The van der Waals surface area contributed by atoms with Crippen molar-refractivity contribution in [3.05, 3.63) is 65.6 Å². The summed E-state index contributed by atoms with van der Waals surface area (Å²) >= 11 is 0. The van der Waals surface area contributed by atoms with E-state index in [1.165, 1.54) is 18.9 Å². The average molecular weight is 436 g/mol. The van der Waals surface area contributed by atoms with E-state index in [-0.39, 0.29) is 11.9 Å². The molecule has 1 aliphatic carbocycles. The molecule has 0 saturated heterocycles. The topological polar surface area (TPSA) is 81.8 Å². The molecule has 5 rings (SSSR count). The van der Waals surface area contributed by atoms with Crippen LogP contribution >= 0.6 is 0 Å². The minimum absolute atomic E-state index is 0.118. The Morgan fingerprint density at radius 3 is 2.75 bits per heavy atom. The van der Waals surface area contributed by atoms with Crippen LogP contribution in [0.4, 0.5) is 15.9 Å². The Bertz CT molecular complexity index is 1170. The molecule has 1 atom stereocenters. The smallest absolute Gasteiger partial charge is 0.190 e. The maximum atomic E-state index is 14.8. The molecule has 1 unspecified atom stereocenters. The number of anilines is 2. The van der Waals surface area contributed by atoms with E-state index in [1.54, 1.807) is 24.8 Å². The number of hydrogen-bond donors (Lipinski definition) is 2. The van der Waals surface area contributed by atoms with Gasteiger partial charge < -0.3 is 14.8 Å². The SMILES string of the molecule is Cc1cc(F)c(Nc2cccc(C3N(O)N=CN3C(C)C)n2)cc1-n1cnc(C2CC2)c1. The van der Waals surface area contributed by atoms with E-state index in [4.69, 9.17) is 0 Å². The molecule has 0 spiro atoms. The Hall–Kier alpha value is -3.46. The van der Waals surface area contributed by atoms with Gasteiger partial charge in [-0.2, -0.15) is 0 Å². The van der Waals surface area contributed by atoms with Crippen molar-refractivity contribution in [3.63, 3.8) is 0 Å². The van der Waals surface area contributed by atoms with Crippen molar-refractivity contribution in [2.24, 2.45) is 5.10 Å². The van der Waals surface area contributed by atoms with Gasteiger partial charge >= 0.3 is 0 Å². The van der Waals surface area contributed by atoms with E-state index in [9.17, 15) is 9.60 Å². The highest BCUT2D eigenvalue weighted by Crippen LogP contribution is 2.39. The number of halogens is 1. The second kappa shape index (κ2) is 7.90. The van der Waals surface area contributed by atoms with Crippen LogP contribution in [0.5, 0.6) is 0 Å². The Labute approximate surface area is 186 Å². The number of imidazole rings is 1. The van der Waals surface area contributed by atoms with E-state index >= 15 is 0 Å². The van der Waals surface area contributed by atoms with E-state index < -0.39 is 6.17 Å². The molecule has 1 saturated carbocycles. The number of rotatable bonds is 6. The summed E-state index contributed by atoms with van der Waals surface area (Å²) in [6.45, 7) is 5.90. The molecule has 2 aliphatic rings. The van der Waals surface area contributed by atoms with Crippen LogP contribution in [0.2, 0.25) is 0 Å². The summed E-state index contributed by atoms with van der Waals surface area (Å²) in [7, 11) is 0. The monoisotopic (exact) mass is 435 g/mol. The summed E-state index contributed by atoms with van der Waals surface area (Å²) in [5.41, 5.74) is 3.68. The molecule has 3 heterocycles. The minimum atomic E-state index is -0.540. The second-order valence-corrected chi connectivity index (χ2v) is 8.64. The van der Waals surface area contributed by atoms with Gasteiger partial charge in [0.25, 0.3) is 0 Å². The predicted molar refractivity (Wildman–Crippen MR) is 120 cm³/mol. The van der Waals surface area contributed by atoms with Crippen LogP contribution in [0.25, 0.3) is 5.69 Å². The number of aryl methyl sites for hydroxylation is 1. The third kappa shape index (κ3) is 3.80. The highest BCUT2D eigenvalue weighted by molar-refractivity contribution is 5.63. The number of pyridine rings is 1. The van der Waals surface area contributed by atoms with Gasteiger partial charge in [0.2, 0.25) is 0 Å². The molecule has 2 aromatic heterocycles. The zero-order valence-electron chi connectivity index (χ0n) is 18.3. The molecule has 1 fully saturated rings. The largest absolute Gasteiger partial charge is 0.338 e. The van der Waals surface area contributed by atoms with E-state index in [1.807, 2.05) is 48.6 Å². The van der Waals surface area contributed by atoms with Gasteiger partial charge in [-0.3, -0.25) is 5.21 Å². The standard InChI is InChI=1S/C23H26FN7O/c1-14(2)30-13-26-31(32)23(30)18-5-4-6-22(27-18)28-19-10-21(15(3)9-17(19)24)29-11-20(25-12-29)16-7-8-16/h4-6,9-14,16,23,32H,7-8H2,1-3H3,(H,27,28). The summed E-state index contributed by atoms with van der Waals surface area (Å²) in [4.78, 5) is 11.0. The zero-order valence-corrected chi connectivity index (χ0v) is 18.3. The van der Waals surface area contributed by atoms with E-state index in [2.05, 4.69) is 20.4 Å². The third-order valence-corrected chi connectivity index (χ3v) is 5.86.